The van der Waals surface area contributed by atoms with Crippen LogP contribution in [0.4, 0.5) is 0 Å². The first-order chi connectivity index (χ1) is 10.7. The molecular formula is C15H21N3O3S. The number of aromatic nitrogens is 2. The number of nitrogens with one attached hydrogen (secondary N) is 2. The third kappa shape index (κ3) is 2.74. The summed E-state index contributed by atoms with van der Waals surface area (Å²) >= 11 is 1.65. The lowest BCUT2D eigenvalue weighted by atomic mass is 9.98. The van der Waals surface area contributed by atoms with Crippen molar-refractivity contribution in [2.45, 2.75) is 44.1 Å². The number of ether oxygens (including phenoxy) is 1. The number of carbonyl (C=O) groups is 2. The fraction of sp³-hybridized carbons (Fsp3) is 0.667. The Kier molecular flexibility index (Phi) is 4.42. The summed E-state index contributed by atoms with van der Waals surface area (Å²) < 4.78 is 4.89. The summed E-state index contributed by atoms with van der Waals surface area (Å²) in [5.74, 6) is 0.756. The predicted molar refractivity (Wildman–Crippen MR) is 84.0 cm³/mol. The molecule has 6 nitrogen and oxygen atoms in total. The van der Waals surface area contributed by atoms with E-state index in [9.17, 15) is 9.59 Å². The fourth-order valence-corrected chi connectivity index (χ4v) is 4.51. The Balaban J connectivity index is 1.82. The number of rotatable bonds is 3. The second-order valence-corrected chi connectivity index (χ2v) is 7.03. The van der Waals surface area contributed by atoms with Crippen LogP contribution >= 0.6 is 11.8 Å². The molecule has 0 radical (unpaired) electrons. The summed E-state index contributed by atoms with van der Waals surface area (Å²) in [6.07, 6.45) is 5.78. The molecule has 2 aliphatic rings. The van der Waals surface area contributed by atoms with E-state index in [4.69, 9.17) is 4.74 Å². The minimum absolute atomic E-state index is 0.271. The minimum atomic E-state index is -0.910. The average molecular weight is 323 g/mol. The Morgan fingerprint density at radius 1 is 1.32 bits per heavy atom. The molecule has 3 rings (SSSR count). The van der Waals surface area contributed by atoms with Crippen LogP contribution < -0.4 is 5.32 Å². The van der Waals surface area contributed by atoms with E-state index in [0.29, 0.717) is 17.9 Å². The van der Waals surface area contributed by atoms with Gasteiger partial charge < -0.3 is 10.1 Å². The van der Waals surface area contributed by atoms with Crippen molar-refractivity contribution >= 4 is 23.6 Å². The molecule has 1 aromatic heterocycles. The number of aromatic amines is 1. The highest BCUT2D eigenvalue weighted by molar-refractivity contribution is 7.99. The van der Waals surface area contributed by atoms with Crippen molar-refractivity contribution in [3.63, 3.8) is 0 Å². The fourth-order valence-electron chi connectivity index (χ4n) is 3.19. The third-order valence-corrected chi connectivity index (χ3v) is 5.66. The maximum absolute atomic E-state index is 12.7. The first kappa shape index (κ1) is 15.4. The Morgan fingerprint density at radius 3 is 2.86 bits per heavy atom. The zero-order chi connectivity index (χ0) is 15.6. The van der Waals surface area contributed by atoms with E-state index in [1.165, 1.54) is 13.5 Å². The molecule has 1 saturated heterocycles. The van der Waals surface area contributed by atoms with Gasteiger partial charge in [0.25, 0.3) is 5.91 Å². The maximum atomic E-state index is 12.7. The summed E-state index contributed by atoms with van der Waals surface area (Å²) in [6.45, 7) is 0. The monoisotopic (exact) mass is 323 g/mol. The van der Waals surface area contributed by atoms with Gasteiger partial charge in [-0.05, 0) is 37.9 Å². The van der Waals surface area contributed by atoms with Gasteiger partial charge in [-0.1, -0.05) is 6.42 Å². The van der Waals surface area contributed by atoms with E-state index in [1.54, 1.807) is 11.8 Å². The van der Waals surface area contributed by atoms with Crippen molar-refractivity contribution < 1.29 is 14.3 Å². The van der Waals surface area contributed by atoms with E-state index in [0.717, 1.165) is 42.7 Å². The van der Waals surface area contributed by atoms with Crippen LogP contribution in [0, 0.1) is 0 Å². The highest BCUT2D eigenvalue weighted by atomic mass is 32.2. The van der Waals surface area contributed by atoms with Crippen molar-refractivity contribution in [1.29, 1.82) is 0 Å². The van der Waals surface area contributed by atoms with Crippen LogP contribution in [-0.2, 0) is 22.4 Å². The highest BCUT2D eigenvalue weighted by Crippen LogP contribution is 2.30. The van der Waals surface area contributed by atoms with Crippen LogP contribution in [0.15, 0.2) is 0 Å². The van der Waals surface area contributed by atoms with Gasteiger partial charge in [0, 0.05) is 17.0 Å². The number of hydrogen-bond donors (Lipinski definition) is 2. The molecule has 120 valence electrons. The number of H-pyrrole nitrogens is 1. The summed E-state index contributed by atoms with van der Waals surface area (Å²) in [7, 11) is 1.36. The Labute approximate surface area is 133 Å². The van der Waals surface area contributed by atoms with Crippen LogP contribution in [0.3, 0.4) is 0 Å². The minimum Gasteiger partial charge on any atom is -0.467 e. The van der Waals surface area contributed by atoms with E-state index in [-0.39, 0.29) is 11.9 Å². The molecule has 22 heavy (non-hydrogen) atoms. The van der Waals surface area contributed by atoms with E-state index in [1.807, 2.05) is 0 Å². The first-order valence-electron chi connectivity index (χ1n) is 7.71. The molecule has 1 atom stereocenters. The normalized spacial score (nSPS) is 24.4. The zero-order valence-corrected chi connectivity index (χ0v) is 13.6. The topological polar surface area (TPSA) is 84.1 Å². The second kappa shape index (κ2) is 6.32. The molecule has 1 aromatic rings. The Bertz CT molecular complexity index is 579. The van der Waals surface area contributed by atoms with Gasteiger partial charge in [0.05, 0.1) is 7.11 Å². The largest absolute Gasteiger partial charge is 0.467 e. The Morgan fingerprint density at radius 2 is 2.14 bits per heavy atom. The third-order valence-electron chi connectivity index (χ3n) is 4.47. The first-order valence-corrected chi connectivity index (χ1v) is 8.86. The summed E-state index contributed by atoms with van der Waals surface area (Å²) in [6, 6.07) is 0. The van der Waals surface area contributed by atoms with Gasteiger partial charge in [0.2, 0.25) is 0 Å². The lowest BCUT2D eigenvalue weighted by molar-refractivity contribution is -0.147. The molecule has 0 unspecified atom stereocenters. The SMILES string of the molecule is COC(=O)[C@]1(NC(=O)c2n[nH]c3c2CCCCC3)CCSC1. The van der Waals surface area contributed by atoms with Crippen LogP contribution in [0.5, 0.6) is 0 Å². The van der Waals surface area contributed by atoms with Gasteiger partial charge in [0.1, 0.15) is 5.54 Å². The highest BCUT2D eigenvalue weighted by Gasteiger charge is 2.45. The van der Waals surface area contributed by atoms with Crippen LogP contribution in [0.1, 0.15) is 47.4 Å². The molecule has 1 aliphatic carbocycles. The van der Waals surface area contributed by atoms with E-state index in [2.05, 4.69) is 15.5 Å². The van der Waals surface area contributed by atoms with Gasteiger partial charge in [0.15, 0.2) is 5.69 Å². The number of methoxy groups -OCH3 is 1. The van der Waals surface area contributed by atoms with Gasteiger partial charge >= 0.3 is 5.97 Å². The van der Waals surface area contributed by atoms with Crippen LogP contribution in [0.2, 0.25) is 0 Å². The molecule has 0 aromatic carbocycles. The van der Waals surface area contributed by atoms with Crippen molar-refractivity contribution in [3.05, 3.63) is 17.0 Å². The van der Waals surface area contributed by atoms with Gasteiger partial charge in [-0.25, -0.2) is 4.79 Å². The summed E-state index contributed by atoms with van der Waals surface area (Å²) in [4.78, 5) is 24.8. The van der Waals surface area contributed by atoms with Gasteiger partial charge in [-0.2, -0.15) is 16.9 Å². The van der Waals surface area contributed by atoms with E-state index < -0.39 is 5.54 Å². The number of hydrogen-bond acceptors (Lipinski definition) is 5. The summed E-state index contributed by atoms with van der Waals surface area (Å²) in [5, 5.41) is 10.1. The molecule has 1 fully saturated rings. The predicted octanol–water partition coefficient (Wildman–Crippen LogP) is 1.46. The Hall–Kier alpha value is -1.50. The molecule has 2 heterocycles. The number of aryl methyl sites for hydroxylation is 1. The molecule has 2 N–H and O–H groups in total. The van der Waals surface area contributed by atoms with Crippen LogP contribution in [-0.4, -0.2) is 46.2 Å². The molecule has 0 bridgehead atoms. The molecule has 1 aliphatic heterocycles. The van der Waals surface area contributed by atoms with Crippen LogP contribution in [0.25, 0.3) is 0 Å². The van der Waals surface area contributed by atoms with E-state index >= 15 is 0 Å². The number of amides is 1. The molecule has 7 heteroatoms. The lowest BCUT2D eigenvalue weighted by Crippen LogP contribution is -2.55. The number of carbonyl (C=O) groups excluding carboxylic acids is 2. The molecular weight excluding hydrogens is 302 g/mol. The van der Waals surface area contributed by atoms with Crippen molar-refractivity contribution in [1.82, 2.24) is 15.5 Å². The van der Waals surface area contributed by atoms with Gasteiger partial charge in [-0.3, -0.25) is 9.89 Å². The maximum Gasteiger partial charge on any atom is 0.332 e. The number of fused-ring (bicyclic) bond motifs is 1. The summed E-state index contributed by atoms with van der Waals surface area (Å²) in [5.41, 5.74) is 1.61. The zero-order valence-electron chi connectivity index (χ0n) is 12.7. The quantitative estimate of drug-likeness (QED) is 0.650. The number of esters is 1. The second-order valence-electron chi connectivity index (χ2n) is 5.92. The molecule has 1 amide bonds. The lowest BCUT2D eigenvalue weighted by Gasteiger charge is -2.26. The van der Waals surface area contributed by atoms with Crippen molar-refractivity contribution in [3.8, 4) is 0 Å². The smallest absolute Gasteiger partial charge is 0.332 e. The number of thioether (sulfide) groups is 1. The standard InChI is InChI=1S/C15H21N3O3S/c1-21-14(20)15(7-8-22-9-15)16-13(19)12-10-5-3-2-4-6-11(10)17-18-12/h2-9H2,1H3,(H,16,19)(H,17,18)/t15-/m0/s1. The van der Waals surface area contributed by atoms with Crippen molar-refractivity contribution in [2.75, 3.05) is 18.6 Å². The average Bonchev–Trinajstić information content (AvgIpc) is 3.09. The van der Waals surface area contributed by atoms with Gasteiger partial charge in [-0.15, -0.1) is 0 Å². The molecule has 0 spiro atoms. The number of nitrogens with zero attached hydrogens (tertiary/aromatic N) is 1. The van der Waals surface area contributed by atoms with Crippen molar-refractivity contribution in [2.24, 2.45) is 0 Å². The molecule has 0 saturated carbocycles.